The van der Waals surface area contributed by atoms with Crippen molar-refractivity contribution in [2.75, 3.05) is 25.1 Å². The van der Waals surface area contributed by atoms with E-state index in [-0.39, 0.29) is 11.9 Å². The minimum atomic E-state index is -0.0857. The van der Waals surface area contributed by atoms with E-state index in [1.807, 2.05) is 5.38 Å². The molecule has 1 saturated heterocycles. The Labute approximate surface area is 113 Å². The predicted octanol–water partition coefficient (Wildman–Crippen LogP) is 2.54. The lowest BCUT2D eigenvalue weighted by molar-refractivity contribution is -0.147. The zero-order valence-corrected chi connectivity index (χ0v) is 12.3. The molecule has 94 valence electrons. The highest BCUT2D eigenvalue weighted by Gasteiger charge is 2.32. The molecule has 2 atom stereocenters. The van der Waals surface area contributed by atoms with Crippen molar-refractivity contribution in [2.45, 2.75) is 13.3 Å². The van der Waals surface area contributed by atoms with Gasteiger partial charge >= 0.3 is 5.97 Å². The second-order valence-corrected chi connectivity index (χ2v) is 5.94. The van der Waals surface area contributed by atoms with Gasteiger partial charge in [0.05, 0.1) is 13.0 Å². The number of esters is 1. The third kappa shape index (κ3) is 2.80. The van der Waals surface area contributed by atoms with E-state index < -0.39 is 0 Å². The van der Waals surface area contributed by atoms with Gasteiger partial charge in [0, 0.05) is 18.5 Å². The zero-order valence-electron chi connectivity index (χ0n) is 9.85. The Morgan fingerprint density at radius 2 is 2.47 bits per heavy atom. The Hall–Kier alpha value is -0.620. The second kappa shape index (κ2) is 5.35. The molecule has 6 heteroatoms. The van der Waals surface area contributed by atoms with Gasteiger partial charge in [-0.25, -0.2) is 4.98 Å². The molecule has 2 rings (SSSR count). The van der Waals surface area contributed by atoms with Crippen molar-refractivity contribution in [3.63, 3.8) is 0 Å². The molecule has 1 aliphatic heterocycles. The average Bonchev–Trinajstić information content (AvgIpc) is 2.75. The van der Waals surface area contributed by atoms with Crippen LogP contribution in [0, 0.1) is 11.8 Å². The summed E-state index contributed by atoms with van der Waals surface area (Å²) >= 11 is 4.98. The summed E-state index contributed by atoms with van der Waals surface area (Å²) in [7, 11) is 1.46. The highest BCUT2D eigenvalue weighted by atomic mass is 79.9. The number of rotatable bonds is 2. The topological polar surface area (TPSA) is 42.4 Å². The fourth-order valence-electron chi connectivity index (χ4n) is 2.21. The van der Waals surface area contributed by atoms with Gasteiger partial charge in [0.15, 0.2) is 5.13 Å². The molecule has 1 aromatic heterocycles. The first-order chi connectivity index (χ1) is 8.11. The molecule has 1 aliphatic rings. The van der Waals surface area contributed by atoms with E-state index in [9.17, 15) is 4.79 Å². The smallest absolute Gasteiger partial charge is 0.309 e. The molecule has 0 spiro atoms. The van der Waals surface area contributed by atoms with Gasteiger partial charge < -0.3 is 9.64 Å². The van der Waals surface area contributed by atoms with Crippen molar-refractivity contribution in [3.05, 3.63) is 9.98 Å². The van der Waals surface area contributed by atoms with Gasteiger partial charge in [0.2, 0.25) is 0 Å². The first-order valence-electron chi connectivity index (χ1n) is 5.55. The molecule has 0 bridgehead atoms. The molecular weight excluding hydrogens is 304 g/mol. The van der Waals surface area contributed by atoms with Gasteiger partial charge in [-0.3, -0.25) is 4.79 Å². The number of hydrogen-bond acceptors (Lipinski definition) is 5. The monoisotopic (exact) mass is 318 g/mol. The summed E-state index contributed by atoms with van der Waals surface area (Å²) in [6, 6.07) is 0. The molecule has 1 aromatic rings. The van der Waals surface area contributed by atoms with Gasteiger partial charge in [-0.1, -0.05) is 6.92 Å². The number of halogens is 1. The normalized spacial score (nSPS) is 24.8. The van der Waals surface area contributed by atoms with Gasteiger partial charge in [0.1, 0.15) is 4.60 Å². The molecule has 2 unspecified atom stereocenters. The maximum atomic E-state index is 11.6. The predicted molar refractivity (Wildman–Crippen MR) is 71.3 cm³/mol. The van der Waals surface area contributed by atoms with E-state index in [0.29, 0.717) is 5.92 Å². The molecule has 0 aliphatic carbocycles. The standard InChI is InChI=1S/C11H15BrN2O2S/c1-7-5-14(11-13-9(12)6-17-11)4-3-8(7)10(15)16-2/h6-8H,3-5H2,1-2H3. The van der Waals surface area contributed by atoms with Crippen molar-refractivity contribution in [2.24, 2.45) is 11.8 Å². The highest BCUT2D eigenvalue weighted by Crippen LogP contribution is 2.31. The van der Waals surface area contributed by atoms with Crippen LogP contribution in [0.2, 0.25) is 0 Å². The molecule has 17 heavy (non-hydrogen) atoms. The molecule has 4 nitrogen and oxygen atoms in total. The number of piperidine rings is 1. The van der Waals surface area contributed by atoms with Crippen molar-refractivity contribution >= 4 is 38.4 Å². The molecule has 2 heterocycles. The fourth-order valence-corrected chi connectivity index (χ4v) is 3.50. The van der Waals surface area contributed by atoms with Gasteiger partial charge in [0.25, 0.3) is 0 Å². The lowest BCUT2D eigenvalue weighted by Crippen LogP contribution is -2.42. The van der Waals surface area contributed by atoms with Crippen molar-refractivity contribution in [3.8, 4) is 0 Å². The summed E-state index contributed by atoms with van der Waals surface area (Å²) in [6.45, 7) is 3.82. The number of hydrogen-bond donors (Lipinski definition) is 0. The maximum absolute atomic E-state index is 11.6. The van der Waals surface area contributed by atoms with Crippen molar-refractivity contribution < 1.29 is 9.53 Å². The van der Waals surface area contributed by atoms with Crippen LogP contribution in [0.1, 0.15) is 13.3 Å². The van der Waals surface area contributed by atoms with Crippen LogP contribution in [0.5, 0.6) is 0 Å². The van der Waals surface area contributed by atoms with Crippen LogP contribution in [0.25, 0.3) is 0 Å². The largest absolute Gasteiger partial charge is 0.469 e. The van der Waals surface area contributed by atoms with E-state index in [1.54, 1.807) is 11.3 Å². The van der Waals surface area contributed by atoms with Crippen LogP contribution < -0.4 is 4.90 Å². The SMILES string of the molecule is COC(=O)C1CCN(c2nc(Br)cs2)CC1C. The molecule has 0 aromatic carbocycles. The van der Waals surface area contributed by atoms with E-state index in [4.69, 9.17) is 4.74 Å². The Balaban J connectivity index is 2.02. The molecule has 0 amide bonds. The van der Waals surface area contributed by atoms with Crippen LogP contribution >= 0.6 is 27.3 Å². The molecule has 1 fully saturated rings. The lowest BCUT2D eigenvalue weighted by atomic mass is 9.87. The van der Waals surface area contributed by atoms with E-state index in [2.05, 4.69) is 32.7 Å². The van der Waals surface area contributed by atoms with Gasteiger partial charge in [-0.2, -0.15) is 0 Å². The van der Waals surface area contributed by atoms with Gasteiger partial charge in [-0.05, 0) is 28.3 Å². The van der Waals surface area contributed by atoms with Crippen molar-refractivity contribution in [1.82, 2.24) is 4.98 Å². The first-order valence-corrected chi connectivity index (χ1v) is 7.23. The molecular formula is C11H15BrN2O2S. The summed E-state index contributed by atoms with van der Waals surface area (Å²) in [5.41, 5.74) is 0. The number of carbonyl (C=O) groups is 1. The first kappa shape index (κ1) is 12.8. The number of aromatic nitrogens is 1. The summed E-state index contributed by atoms with van der Waals surface area (Å²) < 4.78 is 5.70. The van der Waals surface area contributed by atoms with E-state index in [1.165, 1.54) is 7.11 Å². The Bertz CT molecular complexity index is 410. The average molecular weight is 319 g/mol. The fraction of sp³-hybridized carbons (Fsp3) is 0.636. The summed E-state index contributed by atoms with van der Waals surface area (Å²) in [5.74, 6) is 0.246. The summed E-state index contributed by atoms with van der Waals surface area (Å²) in [6.07, 6.45) is 0.838. The van der Waals surface area contributed by atoms with E-state index in [0.717, 1.165) is 29.2 Å². The Morgan fingerprint density at radius 1 is 1.71 bits per heavy atom. The van der Waals surface area contributed by atoms with Crippen LogP contribution in [0.4, 0.5) is 5.13 Å². The number of thiazole rings is 1. The highest BCUT2D eigenvalue weighted by molar-refractivity contribution is 9.10. The minimum Gasteiger partial charge on any atom is -0.469 e. The summed E-state index contributed by atoms with van der Waals surface area (Å²) in [5, 5.41) is 3.00. The molecule has 0 saturated carbocycles. The number of ether oxygens (including phenoxy) is 1. The third-order valence-corrected chi connectivity index (χ3v) is 4.75. The molecule has 0 radical (unpaired) electrons. The number of carbonyl (C=O) groups excluding carboxylic acids is 1. The number of anilines is 1. The van der Waals surface area contributed by atoms with E-state index >= 15 is 0 Å². The number of methoxy groups -OCH3 is 1. The van der Waals surface area contributed by atoms with Crippen LogP contribution in [0.3, 0.4) is 0 Å². The minimum absolute atomic E-state index is 0.0275. The maximum Gasteiger partial charge on any atom is 0.309 e. The van der Waals surface area contributed by atoms with Gasteiger partial charge in [-0.15, -0.1) is 11.3 Å². The van der Waals surface area contributed by atoms with Crippen molar-refractivity contribution in [1.29, 1.82) is 0 Å². The second-order valence-electron chi connectivity index (χ2n) is 4.29. The Morgan fingerprint density at radius 3 is 3.00 bits per heavy atom. The van der Waals surface area contributed by atoms with Crippen LogP contribution in [0.15, 0.2) is 9.98 Å². The molecule has 0 N–H and O–H groups in total. The van der Waals surface area contributed by atoms with Crippen LogP contribution in [-0.2, 0) is 9.53 Å². The lowest BCUT2D eigenvalue weighted by Gasteiger charge is -2.35. The number of nitrogens with zero attached hydrogens (tertiary/aromatic N) is 2. The van der Waals surface area contributed by atoms with Crippen LogP contribution in [-0.4, -0.2) is 31.2 Å². The zero-order chi connectivity index (χ0) is 12.4. The third-order valence-electron chi connectivity index (χ3n) is 3.14. The Kier molecular flexibility index (Phi) is 4.04. The quantitative estimate of drug-likeness (QED) is 0.786. The summed E-state index contributed by atoms with van der Waals surface area (Å²) in [4.78, 5) is 18.2.